The second kappa shape index (κ2) is 11.2. The highest BCUT2D eigenvalue weighted by molar-refractivity contribution is 6.51. The van der Waals surface area contributed by atoms with Crippen LogP contribution in [0.4, 0.5) is 11.4 Å². The minimum atomic E-state index is -0.862. The van der Waals surface area contributed by atoms with Crippen molar-refractivity contribution >= 4 is 40.4 Å². The average molecular weight is 535 g/mol. The highest BCUT2D eigenvalue weighted by Crippen LogP contribution is 2.43. The standard InChI is InChI=1S/C30H31ClN2O5/c1-6-37-25-17-20(9-16-24(25)31)28(34)26-27(19-7-14-23(15-8-19)38-18(2)3)33(30(36)29(26)35)22-12-10-21(11-13-22)32(4)5/h7-18,27,34H,6H2,1-5H3/b28-26-. The Morgan fingerprint density at radius 2 is 1.68 bits per heavy atom. The molecule has 4 rings (SSSR count). The molecule has 1 N–H and O–H groups in total. The van der Waals surface area contributed by atoms with E-state index < -0.39 is 17.7 Å². The van der Waals surface area contributed by atoms with Gasteiger partial charge in [-0.2, -0.15) is 0 Å². The topological polar surface area (TPSA) is 79.3 Å². The highest BCUT2D eigenvalue weighted by atomic mass is 35.5. The maximum absolute atomic E-state index is 13.5. The molecule has 1 atom stereocenters. The highest BCUT2D eigenvalue weighted by Gasteiger charge is 2.47. The van der Waals surface area contributed by atoms with Crippen molar-refractivity contribution in [3.8, 4) is 11.5 Å². The lowest BCUT2D eigenvalue weighted by molar-refractivity contribution is -0.132. The molecule has 1 heterocycles. The number of anilines is 2. The summed E-state index contributed by atoms with van der Waals surface area (Å²) in [4.78, 5) is 30.3. The van der Waals surface area contributed by atoms with E-state index in [0.29, 0.717) is 39.9 Å². The molecular formula is C30H31ClN2O5. The second-order valence-corrected chi connectivity index (χ2v) is 9.80. The quantitative estimate of drug-likeness (QED) is 0.210. The van der Waals surface area contributed by atoms with Gasteiger partial charge in [-0.1, -0.05) is 23.7 Å². The molecule has 1 aliphatic rings. The van der Waals surface area contributed by atoms with Crippen LogP contribution in [0.1, 0.15) is 37.9 Å². The zero-order valence-electron chi connectivity index (χ0n) is 22.1. The Morgan fingerprint density at radius 3 is 2.26 bits per heavy atom. The molecule has 3 aromatic carbocycles. The number of ether oxygens (including phenoxy) is 2. The Hall–Kier alpha value is -3.97. The lowest BCUT2D eigenvalue weighted by Gasteiger charge is -2.26. The van der Waals surface area contributed by atoms with E-state index in [-0.39, 0.29) is 17.4 Å². The van der Waals surface area contributed by atoms with E-state index in [2.05, 4.69) is 0 Å². The van der Waals surface area contributed by atoms with Crippen LogP contribution >= 0.6 is 11.6 Å². The van der Waals surface area contributed by atoms with Gasteiger partial charge in [0.1, 0.15) is 17.3 Å². The summed E-state index contributed by atoms with van der Waals surface area (Å²) in [5.74, 6) is -0.773. The molecule has 1 saturated heterocycles. The smallest absolute Gasteiger partial charge is 0.300 e. The molecule has 8 heteroatoms. The summed E-state index contributed by atoms with van der Waals surface area (Å²) in [6.45, 7) is 6.07. The van der Waals surface area contributed by atoms with Gasteiger partial charge in [0.2, 0.25) is 0 Å². The van der Waals surface area contributed by atoms with E-state index in [1.807, 2.05) is 51.9 Å². The summed E-state index contributed by atoms with van der Waals surface area (Å²) in [7, 11) is 3.84. The number of hydrogen-bond acceptors (Lipinski definition) is 6. The first-order valence-corrected chi connectivity index (χ1v) is 12.8. The number of aliphatic hydroxyl groups excluding tert-OH is 1. The zero-order chi connectivity index (χ0) is 27.6. The number of rotatable bonds is 8. The van der Waals surface area contributed by atoms with Gasteiger partial charge in [-0.05, 0) is 80.9 Å². The first-order valence-electron chi connectivity index (χ1n) is 12.4. The van der Waals surface area contributed by atoms with E-state index in [1.165, 1.54) is 4.90 Å². The van der Waals surface area contributed by atoms with Crippen LogP contribution < -0.4 is 19.3 Å². The molecule has 7 nitrogen and oxygen atoms in total. The molecule has 1 fully saturated rings. The van der Waals surface area contributed by atoms with Crippen molar-refractivity contribution in [3.05, 3.63) is 88.5 Å². The minimum Gasteiger partial charge on any atom is -0.507 e. The van der Waals surface area contributed by atoms with E-state index in [4.69, 9.17) is 21.1 Å². The van der Waals surface area contributed by atoms with Gasteiger partial charge in [0.25, 0.3) is 11.7 Å². The largest absolute Gasteiger partial charge is 0.507 e. The third-order valence-electron chi connectivity index (χ3n) is 6.16. The summed E-state index contributed by atoms with van der Waals surface area (Å²) in [6, 6.07) is 18.4. The Morgan fingerprint density at radius 1 is 1.03 bits per heavy atom. The maximum Gasteiger partial charge on any atom is 0.300 e. The van der Waals surface area contributed by atoms with E-state index in [9.17, 15) is 14.7 Å². The van der Waals surface area contributed by atoms with Gasteiger partial charge in [0.15, 0.2) is 0 Å². The van der Waals surface area contributed by atoms with Crippen molar-refractivity contribution in [1.29, 1.82) is 0 Å². The van der Waals surface area contributed by atoms with Crippen LogP contribution in [-0.2, 0) is 9.59 Å². The zero-order valence-corrected chi connectivity index (χ0v) is 22.8. The third-order valence-corrected chi connectivity index (χ3v) is 6.47. The molecule has 38 heavy (non-hydrogen) atoms. The molecule has 3 aromatic rings. The van der Waals surface area contributed by atoms with Gasteiger partial charge in [0.05, 0.1) is 29.3 Å². The van der Waals surface area contributed by atoms with Crippen molar-refractivity contribution in [3.63, 3.8) is 0 Å². The summed E-state index contributed by atoms with van der Waals surface area (Å²) >= 11 is 6.24. The second-order valence-electron chi connectivity index (χ2n) is 9.39. The lowest BCUT2D eigenvalue weighted by Crippen LogP contribution is -2.29. The van der Waals surface area contributed by atoms with Crippen LogP contribution in [0.15, 0.2) is 72.3 Å². The van der Waals surface area contributed by atoms with Crippen LogP contribution in [0.3, 0.4) is 0 Å². The molecule has 0 aliphatic carbocycles. The monoisotopic (exact) mass is 534 g/mol. The van der Waals surface area contributed by atoms with Crippen molar-refractivity contribution in [2.45, 2.75) is 32.9 Å². The van der Waals surface area contributed by atoms with Gasteiger partial charge in [-0.3, -0.25) is 14.5 Å². The summed E-state index contributed by atoms with van der Waals surface area (Å²) in [5.41, 5.74) is 2.44. The third kappa shape index (κ3) is 5.34. The van der Waals surface area contributed by atoms with Crippen LogP contribution in [0.5, 0.6) is 11.5 Å². The Balaban J connectivity index is 1.88. The van der Waals surface area contributed by atoms with Crippen molar-refractivity contribution < 1.29 is 24.2 Å². The van der Waals surface area contributed by atoms with Gasteiger partial charge >= 0.3 is 0 Å². The Bertz CT molecular complexity index is 1360. The lowest BCUT2D eigenvalue weighted by atomic mass is 9.95. The summed E-state index contributed by atoms with van der Waals surface area (Å²) in [5, 5.41) is 11.8. The number of Topliss-reactive ketones (excluding diaryl/α,β-unsaturated/α-hetero) is 1. The van der Waals surface area contributed by atoms with Gasteiger partial charge in [-0.15, -0.1) is 0 Å². The van der Waals surface area contributed by atoms with E-state index in [1.54, 1.807) is 54.6 Å². The van der Waals surface area contributed by atoms with Crippen LogP contribution in [0.2, 0.25) is 5.02 Å². The number of amides is 1. The molecule has 0 spiro atoms. The number of ketones is 1. The predicted molar refractivity (Wildman–Crippen MR) is 150 cm³/mol. The number of hydrogen-bond donors (Lipinski definition) is 1. The van der Waals surface area contributed by atoms with Gasteiger partial charge in [-0.25, -0.2) is 0 Å². The van der Waals surface area contributed by atoms with Gasteiger partial charge < -0.3 is 19.5 Å². The fraction of sp³-hybridized carbons (Fsp3) is 0.267. The fourth-order valence-corrected chi connectivity index (χ4v) is 4.57. The van der Waals surface area contributed by atoms with Crippen LogP contribution in [0.25, 0.3) is 5.76 Å². The average Bonchev–Trinajstić information content (AvgIpc) is 3.15. The molecular weight excluding hydrogens is 504 g/mol. The number of carbonyl (C=O) groups is 2. The molecule has 0 radical (unpaired) electrons. The first-order chi connectivity index (χ1) is 18.1. The molecule has 1 unspecified atom stereocenters. The summed E-state index contributed by atoms with van der Waals surface area (Å²) in [6.07, 6.45) is -0.00821. The van der Waals surface area contributed by atoms with Gasteiger partial charge in [0, 0.05) is 31.0 Å². The molecule has 1 amide bonds. The number of carbonyl (C=O) groups excluding carboxylic acids is 2. The molecule has 0 bridgehead atoms. The first kappa shape index (κ1) is 27.1. The SMILES string of the molecule is CCOc1cc(/C(O)=C2/C(=O)C(=O)N(c3ccc(N(C)C)cc3)C2c2ccc(OC(C)C)cc2)ccc1Cl. The number of nitrogens with zero attached hydrogens (tertiary/aromatic N) is 2. The normalized spacial score (nSPS) is 16.7. The van der Waals surface area contributed by atoms with E-state index >= 15 is 0 Å². The van der Waals surface area contributed by atoms with Crippen molar-refractivity contribution in [2.24, 2.45) is 0 Å². The molecule has 198 valence electrons. The van der Waals surface area contributed by atoms with Crippen LogP contribution in [-0.4, -0.2) is 43.6 Å². The predicted octanol–water partition coefficient (Wildman–Crippen LogP) is 6.22. The maximum atomic E-state index is 13.5. The summed E-state index contributed by atoms with van der Waals surface area (Å²) < 4.78 is 11.3. The molecule has 1 aliphatic heterocycles. The van der Waals surface area contributed by atoms with Crippen molar-refractivity contribution in [2.75, 3.05) is 30.5 Å². The number of aliphatic hydroxyl groups is 1. The number of benzene rings is 3. The Labute approximate surface area is 227 Å². The Kier molecular flexibility index (Phi) is 7.97. The van der Waals surface area contributed by atoms with E-state index in [0.717, 1.165) is 5.69 Å². The minimum absolute atomic E-state index is 0.00821. The van der Waals surface area contributed by atoms with Crippen molar-refractivity contribution in [1.82, 2.24) is 0 Å². The van der Waals surface area contributed by atoms with Crippen LogP contribution in [0, 0.1) is 0 Å². The number of halogens is 1. The molecule has 0 aromatic heterocycles. The molecule has 0 saturated carbocycles. The fourth-order valence-electron chi connectivity index (χ4n) is 4.40.